The van der Waals surface area contributed by atoms with E-state index in [1.807, 2.05) is 26.8 Å². The molecule has 0 spiro atoms. The summed E-state index contributed by atoms with van der Waals surface area (Å²) in [6.45, 7) is 17.3. The molecule has 0 saturated carbocycles. The van der Waals surface area contributed by atoms with Crippen molar-refractivity contribution in [2.24, 2.45) is 17.8 Å². The van der Waals surface area contributed by atoms with Gasteiger partial charge in [0, 0.05) is 58.6 Å². The molecule has 0 fully saturated rings. The fourth-order valence-corrected chi connectivity index (χ4v) is 7.28. The van der Waals surface area contributed by atoms with Crippen molar-refractivity contribution in [2.75, 3.05) is 47.8 Å². The summed E-state index contributed by atoms with van der Waals surface area (Å²) >= 11 is 0. The van der Waals surface area contributed by atoms with E-state index in [-0.39, 0.29) is 30.8 Å². The molecule has 1 aromatic rings. The highest BCUT2D eigenvalue weighted by molar-refractivity contribution is 5.96. The van der Waals surface area contributed by atoms with Crippen LogP contribution in [0.15, 0.2) is 53.6 Å². The van der Waals surface area contributed by atoms with Gasteiger partial charge < -0.3 is 50.2 Å². The van der Waals surface area contributed by atoms with Crippen molar-refractivity contribution in [1.82, 2.24) is 36.0 Å². The Morgan fingerprint density at radius 3 is 2.15 bits per heavy atom. The average Bonchev–Trinajstić information content (AvgIpc) is 3.29. The Labute approximate surface area is 397 Å². The van der Waals surface area contributed by atoms with Gasteiger partial charge in [0.15, 0.2) is 6.10 Å². The molecule has 0 aliphatic carbocycles. The highest BCUT2D eigenvalue weighted by Crippen LogP contribution is 2.26. The summed E-state index contributed by atoms with van der Waals surface area (Å²) in [6, 6.07) is 4.38. The number of nitrogens with one attached hydrogen (secondary N) is 4. The molecule has 6 amide bonds. The molecule has 1 aliphatic heterocycles. The van der Waals surface area contributed by atoms with E-state index >= 15 is 0 Å². The van der Waals surface area contributed by atoms with Crippen LogP contribution in [0.1, 0.15) is 94.1 Å². The second kappa shape index (κ2) is 27.8. The van der Waals surface area contributed by atoms with Gasteiger partial charge in [-0.25, -0.2) is 14.4 Å². The smallest absolute Gasteiger partial charge is 0.409 e. The molecule has 18 heteroatoms. The molecular weight excluding hydrogens is 863 g/mol. The number of ether oxygens (including phenoxy) is 3. The number of cyclic esters (lactones) is 2. The number of allylic oxidation sites excluding steroid dienone is 1. The maximum Gasteiger partial charge on any atom is 0.409 e. The summed E-state index contributed by atoms with van der Waals surface area (Å²) in [5.41, 5.74) is 1.45. The van der Waals surface area contributed by atoms with Crippen molar-refractivity contribution < 1.29 is 52.6 Å². The first-order valence-corrected chi connectivity index (χ1v) is 23.2. The number of carbonyl (C=O) groups is 8. The molecule has 0 saturated heterocycles. The minimum absolute atomic E-state index is 0.0295. The Kier molecular flexibility index (Phi) is 23.8. The highest BCUT2D eigenvalue weighted by Gasteiger charge is 2.38. The third-order valence-electron chi connectivity index (χ3n) is 12.1. The molecule has 9 atom stereocenters. The van der Waals surface area contributed by atoms with Crippen molar-refractivity contribution >= 4 is 47.6 Å². The molecule has 4 N–H and O–H groups in total. The summed E-state index contributed by atoms with van der Waals surface area (Å²) in [4.78, 5) is 114. The number of carbonyl (C=O) groups excluding carboxylic acids is 8. The second-order valence-corrected chi connectivity index (χ2v) is 18.1. The van der Waals surface area contributed by atoms with E-state index in [2.05, 4.69) is 21.3 Å². The van der Waals surface area contributed by atoms with E-state index in [4.69, 9.17) is 14.2 Å². The van der Waals surface area contributed by atoms with Crippen molar-refractivity contribution in [1.29, 1.82) is 0 Å². The van der Waals surface area contributed by atoms with Crippen LogP contribution in [0.2, 0.25) is 0 Å². The number of rotatable bonds is 11. The number of amides is 6. The third kappa shape index (κ3) is 17.8. The van der Waals surface area contributed by atoms with Crippen LogP contribution in [0, 0.1) is 17.8 Å². The van der Waals surface area contributed by atoms with Crippen LogP contribution in [-0.4, -0.2) is 153 Å². The lowest BCUT2D eigenvalue weighted by molar-refractivity contribution is -0.155. The first-order chi connectivity index (χ1) is 31.5. The summed E-state index contributed by atoms with van der Waals surface area (Å²) in [7, 11) is 6.17. The number of hydrogen-bond acceptors (Lipinski definition) is 12. The zero-order chi connectivity index (χ0) is 50.7. The van der Waals surface area contributed by atoms with Gasteiger partial charge in [-0.1, -0.05) is 83.5 Å². The fraction of sp³-hybridized carbons (Fsp3) is 0.633. The monoisotopic (exact) mass is 940 g/mol. The molecule has 18 nitrogen and oxygen atoms in total. The maximum atomic E-state index is 14.2. The van der Waals surface area contributed by atoms with Gasteiger partial charge in [0.25, 0.3) is 5.91 Å². The minimum atomic E-state index is -1.31. The zero-order valence-corrected chi connectivity index (χ0v) is 42.1. The second-order valence-electron chi connectivity index (χ2n) is 18.1. The molecule has 1 aromatic carbocycles. The van der Waals surface area contributed by atoms with E-state index in [9.17, 15) is 38.4 Å². The molecular formula is C49H77N7O11. The molecule has 374 valence electrons. The van der Waals surface area contributed by atoms with Gasteiger partial charge in [0.05, 0.1) is 6.54 Å². The van der Waals surface area contributed by atoms with E-state index in [0.717, 1.165) is 10.5 Å². The van der Waals surface area contributed by atoms with Gasteiger partial charge in [-0.05, 0) is 71.1 Å². The van der Waals surface area contributed by atoms with E-state index in [0.29, 0.717) is 25.1 Å². The molecule has 0 bridgehead atoms. The molecule has 0 unspecified atom stereocenters. The molecule has 67 heavy (non-hydrogen) atoms. The van der Waals surface area contributed by atoms with Crippen molar-refractivity contribution in [2.45, 2.75) is 137 Å². The van der Waals surface area contributed by atoms with Gasteiger partial charge in [0.2, 0.25) is 23.6 Å². The number of nitrogens with zero attached hydrogens (tertiary/aromatic N) is 3. The van der Waals surface area contributed by atoms with E-state index < -0.39 is 108 Å². The number of esters is 2. The topological polar surface area (TPSA) is 222 Å². The number of hydrogen-bond donors (Lipinski definition) is 4. The van der Waals surface area contributed by atoms with Gasteiger partial charge in [-0.15, -0.1) is 0 Å². The van der Waals surface area contributed by atoms with Gasteiger partial charge in [0.1, 0.15) is 36.4 Å². The molecule has 0 aromatic heterocycles. The summed E-state index contributed by atoms with van der Waals surface area (Å²) < 4.78 is 17.9. The summed E-state index contributed by atoms with van der Waals surface area (Å²) in [5.74, 6) is -6.09. The van der Waals surface area contributed by atoms with Crippen molar-refractivity contribution in [3.8, 4) is 0 Å². The standard InChI is InChI=1S/C49H77N7O11/c1-15-30(5)41-44(59)52-35(10)48(63)67-42(31(6)16-2)33(8)38(66-49(64)54(12)25-24-50-11)23-22-32(7)47(62)65-39(26-29(3)4)43(58)51-34(9)45(60)56(14)37(27-36-20-18-17-19-21-36)46(61)55(13)28-40(57)53-41/h16-22,29-30,33-35,37-39,41-42,50H,15,23-28H2,1-14H3,(H,51,58)(H,52,59)(H,53,57)/b31-16+,32-22-/t30-,33-,34-,35+,37+,38+,39+,41-,42+/m1/s1. The van der Waals surface area contributed by atoms with Gasteiger partial charge in [-0.2, -0.15) is 0 Å². The summed E-state index contributed by atoms with van der Waals surface area (Å²) in [6.07, 6.45) is -0.00199. The Bertz CT molecular complexity index is 1920. The van der Waals surface area contributed by atoms with Crippen LogP contribution in [0.25, 0.3) is 0 Å². The first kappa shape index (κ1) is 57.3. The van der Waals surface area contributed by atoms with Crippen LogP contribution in [0.5, 0.6) is 0 Å². The van der Waals surface area contributed by atoms with Crippen LogP contribution in [0.4, 0.5) is 4.79 Å². The normalized spacial score (nSPS) is 26.6. The minimum Gasteiger partial charge on any atom is -0.456 e. The fourth-order valence-electron chi connectivity index (χ4n) is 7.28. The Hall–Kier alpha value is -5.78. The maximum absolute atomic E-state index is 14.2. The lowest BCUT2D eigenvalue weighted by atomic mass is 9.90. The van der Waals surface area contributed by atoms with Crippen LogP contribution in [0.3, 0.4) is 0 Å². The van der Waals surface area contributed by atoms with Crippen LogP contribution in [-0.2, 0) is 54.2 Å². The Balaban J connectivity index is 2.74. The zero-order valence-electron chi connectivity index (χ0n) is 42.1. The molecule has 0 radical (unpaired) electrons. The predicted octanol–water partition coefficient (Wildman–Crippen LogP) is 3.53. The van der Waals surface area contributed by atoms with Crippen molar-refractivity contribution in [3.05, 3.63) is 59.2 Å². The SMILES string of the molecule is C/C=C(\C)[C@@H]1OC(=O)[C@H](C)NC(=O)[C@@H]([C@H](C)CC)NC(=O)CN(C)C(=O)[C@H](Cc2ccccc2)N(C)C(=O)[C@@H](C)NC(=O)[C@H](CC(C)C)OC(=O)/C(C)=C\C[C@H](OC(=O)N(C)CCNC)[C@H]1C. The Morgan fingerprint density at radius 2 is 1.57 bits per heavy atom. The van der Waals surface area contributed by atoms with Gasteiger partial charge in [-0.3, -0.25) is 24.0 Å². The molecule has 1 heterocycles. The Morgan fingerprint density at radius 1 is 0.940 bits per heavy atom. The van der Waals surface area contributed by atoms with Crippen LogP contribution < -0.4 is 21.3 Å². The number of likely N-dealkylation sites (N-methyl/N-ethyl adjacent to an activating group) is 4. The predicted molar refractivity (Wildman–Crippen MR) is 254 cm³/mol. The molecule has 1 aliphatic rings. The quantitative estimate of drug-likeness (QED) is 0.142. The highest BCUT2D eigenvalue weighted by atomic mass is 16.6. The average molecular weight is 940 g/mol. The van der Waals surface area contributed by atoms with E-state index in [1.165, 1.54) is 50.7 Å². The number of benzene rings is 1. The summed E-state index contributed by atoms with van der Waals surface area (Å²) in [5, 5.41) is 11.1. The first-order valence-electron chi connectivity index (χ1n) is 23.2. The third-order valence-corrected chi connectivity index (χ3v) is 12.1. The lowest BCUT2D eigenvalue weighted by Crippen LogP contribution is -2.57. The van der Waals surface area contributed by atoms with Crippen LogP contribution >= 0.6 is 0 Å². The lowest BCUT2D eigenvalue weighted by Gasteiger charge is -2.33. The van der Waals surface area contributed by atoms with Crippen molar-refractivity contribution in [3.63, 3.8) is 0 Å². The molecule has 2 rings (SSSR count). The van der Waals surface area contributed by atoms with Gasteiger partial charge >= 0.3 is 18.0 Å². The largest absolute Gasteiger partial charge is 0.456 e. The van der Waals surface area contributed by atoms with E-state index in [1.54, 1.807) is 72.1 Å².